The summed E-state index contributed by atoms with van der Waals surface area (Å²) in [6, 6.07) is 13.0. The van der Waals surface area contributed by atoms with E-state index >= 15 is 0 Å². The van der Waals surface area contributed by atoms with E-state index in [9.17, 15) is 9.59 Å². The molecule has 0 radical (unpaired) electrons. The second-order valence-electron chi connectivity index (χ2n) is 7.71. The number of carbonyl (C=O) groups is 2. The molecule has 1 unspecified atom stereocenters. The van der Waals surface area contributed by atoms with Crippen LogP contribution in [0.2, 0.25) is 0 Å². The average Bonchev–Trinajstić information content (AvgIpc) is 3.20. The van der Waals surface area contributed by atoms with Crippen LogP contribution in [-0.4, -0.2) is 58.1 Å². The first kappa shape index (κ1) is 21.6. The van der Waals surface area contributed by atoms with Crippen LogP contribution in [0.1, 0.15) is 34.8 Å². The normalized spacial score (nSPS) is 18.0. The highest BCUT2D eigenvalue weighted by Gasteiger charge is 2.34. The summed E-state index contributed by atoms with van der Waals surface area (Å²) in [5.74, 6) is 1.49. The Morgan fingerprint density at radius 3 is 2.47 bits per heavy atom. The van der Waals surface area contributed by atoms with Crippen molar-refractivity contribution in [3.05, 3.63) is 53.6 Å². The maximum Gasteiger partial charge on any atom is 0.279 e. The van der Waals surface area contributed by atoms with E-state index in [1.54, 1.807) is 52.6 Å². The molecule has 2 aromatic rings. The van der Waals surface area contributed by atoms with Crippen LogP contribution >= 0.6 is 0 Å². The first-order valence-corrected chi connectivity index (χ1v) is 10.1. The van der Waals surface area contributed by atoms with Crippen molar-refractivity contribution in [2.45, 2.75) is 18.9 Å². The van der Waals surface area contributed by atoms with Crippen molar-refractivity contribution < 1.29 is 24.0 Å². The van der Waals surface area contributed by atoms with Gasteiger partial charge in [0.1, 0.15) is 17.5 Å². The number of anilines is 1. The second-order valence-corrected chi connectivity index (χ2v) is 7.71. The maximum absolute atomic E-state index is 12.7. The van der Waals surface area contributed by atoms with E-state index in [1.807, 2.05) is 18.2 Å². The zero-order valence-corrected chi connectivity index (χ0v) is 18.0. The molecule has 0 spiro atoms. The van der Waals surface area contributed by atoms with Crippen LogP contribution in [0, 0.1) is 0 Å². The van der Waals surface area contributed by atoms with Crippen molar-refractivity contribution in [3.63, 3.8) is 0 Å². The summed E-state index contributed by atoms with van der Waals surface area (Å²) in [5, 5.41) is 2.95. The number of nitrogens with one attached hydrogen (secondary N) is 2. The molecule has 2 atom stereocenters. The topological polar surface area (TPSA) is 72.3 Å². The highest BCUT2D eigenvalue weighted by atomic mass is 16.5. The minimum Gasteiger partial charge on any atom is -0.497 e. The second kappa shape index (κ2) is 9.63. The molecular formula is C23H30N3O4+. The number of amides is 2. The quantitative estimate of drug-likeness (QED) is 0.727. The summed E-state index contributed by atoms with van der Waals surface area (Å²) >= 11 is 0. The first-order valence-electron chi connectivity index (χ1n) is 10.1. The van der Waals surface area contributed by atoms with Crippen LogP contribution in [0.15, 0.2) is 42.5 Å². The summed E-state index contributed by atoms with van der Waals surface area (Å²) in [4.78, 5) is 27.4. The molecule has 1 saturated heterocycles. The van der Waals surface area contributed by atoms with Crippen molar-refractivity contribution in [3.8, 4) is 11.5 Å². The van der Waals surface area contributed by atoms with Gasteiger partial charge in [0.25, 0.3) is 11.8 Å². The molecule has 0 saturated carbocycles. The van der Waals surface area contributed by atoms with E-state index in [-0.39, 0.29) is 17.9 Å². The van der Waals surface area contributed by atoms with E-state index in [0.717, 1.165) is 36.4 Å². The van der Waals surface area contributed by atoms with Crippen LogP contribution < -0.4 is 19.7 Å². The summed E-state index contributed by atoms with van der Waals surface area (Å²) in [6.07, 6.45) is 2.04. The Kier molecular flexibility index (Phi) is 6.95. The smallest absolute Gasteiger partial charge is 0.279 e. The molecule has 1 heterocycles. The van der Waals surface area contributed by atoms with Crippen molar-refractivity contribution in [2.75, 3.05) is 46.7 Å². The molecule has 7 nitrogen and oxygen atoms in total. The summed E-state index contributed by atoms with van der Waals surface area (Å²) in [5.41, 5.74) is 2.35. The molecule has 2 amide bonds. The van der Waals surface area contributed by atoms with Gasteiger partial charge in [0.15, 0.2) is 6.54 Å². The molecular weight excluding hydrogens is 382 g/mol. The number of ether oxygens (including phenoxy) is 2. The Balaban J connectivity index is 1.67. The van der Waals surface area contributed by atoms with Gasteiger partial charge in [0.05, 0.1) is 26.3 Å². The summed E-state index contributed by atoms with van der Waals surface area (Å²) in [7, 11) is 6.74. The van der Waals surface area contributed by atoms with Gasteiger partial charge >= 0.3 is 0 Å². The number of benzene rings is 2. The maximum atomic E-state index is 12.7. The van der Waals surface area contributed by atoms with Gasteiger partial charge in [-0.25, -0.2) is 0 Å². The SMILES string of the molecule is COc1ccc(OC)c([C@H]2CCC[NH+]2CC(=O)Nc2ccc(C(=O)N(C)C)cc2)c1. The Bertz CT molecular complexity index is 896. The predicted molar refractivity (Wildman–Crippen MR) is 115 cm³/mol. The van der Waals surface area contributed by atoms with E-state index in [1.165, 1.54) is 9.80 Å². The van der Waals surface area contributed by atoms with Crippen LogP contribution in [0.3, 0.4) is 0 Å². The van der Waals surface area contributed by atoms with Gasteiger partial charge < -0.3 is 24.6 Å². The number of likely N-dealkylation sites (tertiary alicyclic amines) is 1. The van der Waals surface area contributed by atoms with Crippen LogP contribution in [-0.2, 0) is 4.79 Å². The summed E-state index contributed by atoms with van der Waals surface area (Å²) < 4.78 is 10.9. The number of carbonyl (C=O) groups excluding carboxylic acids is 2. The fourth-order valence-electron chi connectivity index (χ4n) is 3.98. The highest BCUT2D eigenvalue weighted by molar-refractivity contribution is 5.95. The van der Waals surface area contributed by atoms with Crippen LogP contribution in [0.4, 0.5) is 5.69 Å². The molecule has 1 aliphatic heterocycles. The van der Waals surface area contributed by atoms with Gasteiger partial charge in [-0.15, -0.1) is 0 Å². The van der Waals surface area contributed by atoms with Gasteiger partial charge in [-0.3, -0.25) is 9.59 Å². The van der Waals surface area contributed by atoms with Gasteiger partial charge in [-0.1, -0.05) is 0 Å². The van der Waals surface area contributed by atoms with Gasteiger partial charge in [0.2, 0.25) is 0 Å². The van der Waals surface area contributed by atoms with E-state index in [4.69, 9.17) is 9.47 Å². The molecule has 0 aromatic heterocycles. The van der Waals surface area contributed by atoms with Crippen LogP contribution in [0.5, 0.6) is 11.5 Å². The monoisotopic (exact) mass is 412 g/mol. The lowest BCUT2D eigenvalue weighted by Crippen LogP contribution is -3.11. The minimum atomic E-state index is -0.0653. The largest absolute Gasteiger partial charge is 0.497 e. The van der Waals surface area contributed by atoms with Crippen molar-refractivity contribution in [2.24, 2.45) is 0 Å². The first-order chi connectivity index (χ1) is 14.4. The molecule has 0 bridgehead atoms. The van der Waals surface area contributed by atoms with Crippen molar-refractivity contribution in [1.82, 2.24) is 4.90 Å². The number of hydrogen-bond acceptors (Lipinski definition) is 4. The predicted octanol–water partition coefficient (Wildman–Crippen LogP) is 1.76. The third-order valence-corrected chi connectivity index (χ3v) is 5.51. The van der Waals surface area contributed by atoms with E-state index in [2.05, 4.69) is 5.32 Å². The third-order valence-electron chi connectivity index (χ3n) is 5.51. The standard InChI is InChI=1S/C23H29N3O4/c1-25(2)23(28)16-7-9-17(10-8-16)24-22(27)15-26-13-5-6-20(26)19-14-18(29-3)11-12-21(19)30-4/h7-12,14,20H,5-6,13,15H2,1-4H3,(H,24,27)/p+1/t20-/m1/s1. The van der Waals surface area contributed by atoms with Crippen molar-refractivity contribution >= 4 is 17.5 Å². The van der Waals surface area contributed by atoms with Gasteiger partial charge in [-0.2, -0.15) is 0 Å². The zero-order chi connectivity index (χ0) is 21.7. The lowest BCUT2D eigenvalue weighted by molar-refractivity contribution is -0.910. The molecule has 3 rings (SSSR count). The average molecular weight is 413 g/mol. The molecule has 30 heavy (non-hydrogen) atoms. The minimum absolute atomic E-state index is 0.0505. The lowest BCUT2D eigenvalue weighted by Gasteiger charge is -2.23. The molecule has 2 N–H and O–H groups in total. The number of methoxy groups -OCH3 is 2. The fraction of sp³-hybridized carbons (Fsp3) is 0.391. The number of rotatable bonds is 7. The molecule has 1 aliphatic rings. The molecule has 160 valence electrons. The molecule has 1 fully saturated rings. The Morgan fingerprint density at radius 2 is 1.83 bits per heavy atom. The molecule has 0 aliphatic carbocycles. The fourth-order valence-corrected chi connectivity index (χ4v) is 3.98. The molecule has 2 aromatic carbocycles. The third kappa shape index (κ3) is 4.91. The highest BCUT2D eigenvalue weighted by Crippen LogP contribution is 2.31. The Hall–Kier alpha value is -3.06. The van der Waals surface area contributed by atoms with Crippen molar-refractivity contribution in [1.29, 1.82) is 0 Å². The molecule has 7 heteroatoms. The number of quaternary nitrogens is 1. The Morgan fingerprint density at radius 1 is 1.10 bits per heavy atom. The summed E-state index contributed by atoms with van der Waals surface area (Å²) in [6.45, 7) is 1.29. The van der Waals surface area contributed by atoms with E-state index in [0.29, 0.717) is 17.8 Å². The zero-order valence-electron chi connectivity index (χ0n) is 18.0. The van der Waals surface area contributed by atoms with E-state index < -0.39 is 0 Å². The van der Waals surface area contributed by atoms with Crippen LogP contribution in [0.25, 0.3) is 0 Å². The van der Waals surface area contributed by atoms with Gasteiger partial charge in [0, 0.05) is 38.2 Å². The lowest BCUT2D eigenvalue weighted by atomic mass is 10.0. The number of hydrogen-bond donors (Lipinski definition) is 2. The number of nitrogens with zero attached hydrogens (tertiary/aromatic N) is 1. The Labute approximate surface area is 177 Å². The van der Waals surface area contributed by atoms with Gasteiger partial charge in [-0.05, 0) is 42.5 Å².